The molecule has 0 unspecified atom stereocenters. The number of nitrogens with zero attached hydrogens (tertiary/aromatic N) is 3. The van der Waals surface area contributed by atoms with Gasteiger partial charge < -0.3 is 4.90 Å². The molecule has 0 spiro atoms. The van der Waals surface area contributed by atoms with Gasteiger partial charge in [-0.25, -0.2) is 5.01 Å². The number of anilines is 3. The minimum atomic E-state index is 1.05. The summed E-state index contributed by atoms with van der Waals surface area (Å²) in [5.41, 5.74) is 5.99. The predicted molar refractivity (Wildman–Crippen MR) is 111 cm³/mol. The Hall–Kier alpha value is -3.07. The number of para-hydroxylation sites is 2. The van der Waals surface area contributed by atoms with E-state index >= 15 is 0 Å². The molecule has 1 heterocycles. The topological polar surface area (TPSA) is 18.8 Å². The first-order valence-electron chi connectivity index (χ1n) is 9.09. The van der Waals surface area contributed by atoms with E-state index in [2.05, 4.69) is 54.4 Å². The lowest BCUT2D eigenvalue weighted by molar-refractivity contribution is 0.744. The van der Waals surface area contributed by atoms with Crippen molar-refractivity contribution in [2.45, 2.75) is 12.8 Å². The number of rotatable bonds is 4. The van der Waals surface area contributed by atoms with Crippen LogP contribution in [0.3, 0.4) is 0 Å². The van der Waals surface area contributed by atoms with Crippen LogP contribution in [0.2, 0.25) is 0 Å². The molecule has 0 amide bonds. The van der Waals surface area contributed by atoms with Crippen LogP contribution in [0.5, 0.6) is 0 Å². The highest BCUT2D eigenvalue weighted by Gasteiger charge is 2.13. The molecule has 1 aliphatic heterocycles. The Bertz CT molecular complexity index is 848. The maximum absolute atomic E-state index is 4.80. The maximum atomic E-state index is 4.80. The van der Waals surface area contributed by atoms with Crippen molar-refractivity contribution in [1.29, 1.82) is 0 Å². The molecule has 3 nitrogen and oxygen atoms in total. The molecule has 1 aliphatic rings. The van der Waals surface area contributed by atoms with Gasteiger partial charge in [0, 0.05) is 19.3 Å². The van der Waals surface area contributed by atoms with Gasteiger partial charge in [0.05, 0.1) is 17.6 Å². The number of benzene rings is 3. The number of fused-ring (bicyclic) bond motifs is 1. The minimum Gasteiger partial charge on any atom is -0.374 e. The van der Waals surface area contributed by atoms with Gasteiger partial charge in [0.15, 0.2) is 0 Å². The first kappa shape index (κ1) is 16.4. The zero-order valence-corrected chi connectivity index (χ0v) is 15.0. The van der Waals surface area contributed by atoms with Gasteiger partial charge in [-0.15, -0.1) is 0 Å². The Morgan fingerprint density at radius 3 is 2.19 bits per heavy atom. The van der Waals surface area contributed by atoms with Gasteiger partial charge in [0.2, 0.25) is 0 Å². The molecule has 3 aromatic carbocycles. The van der Waals surface area contributed by atoms with E-state index in [0.29, 0.717) is 0 Å². The van der Waals surface area contributed by atoms with Crippen LogP contribution in [0.15, 0.2) is 84.0 Å². The lowest BCUT2D eigenvalue weighted by Crippen LogP contribution is -2.24. The highest BCUT2D eigenvalue weighted by Crippen LogP contribution is 2.27. The molecule has 26 heavy (non-hydrogen) atoms. The van der Waals surface area contributed by atoms with E-state index in [-0.39, 0.29) is 0 Å². The van der Waals surface area contributed by atoms with E-state index < -0.39 is 0 Å². The Morgan fingerprint density at radius 1 is 0.885 bits per heavy atom. The Morgan fingerprint density at radius 2 is 1.54 bits per heavy atom. The van der Waals surface area contributed by atoms with Crippen LogP contribution in [0.1, 0.15) is 17.5 Å². The van der Waals surface area contributed by atoms with Crippen molar-refractivity contribution in [3.63, 3.8) is 0 Å². The van der Waals surface area contributed by atoms with Crippen LogP contribution >= 0.6 is 0 Å². The summed E-state index contributed by atoms with van der Waals surface area (Å²) in [5, 5.41) is 6.77. The summed E-state index contributed by atoms with van der Waals surface area (Å²) in [6, 6.07) is 27.1. The molecule has 0 saturated heterocycles. The molecular formula is C23H23N3. The van der Waals surface area contributed by atoms with Crippen molar-refractivity contribution in [1.82, 2.24) is 0 Å². The normalized spacial score (nSPS) is 13.7. The summed E-state index contributed by atoms with van der Waals surface area (Å²) in [6.45, 7) is 1.14. The van der Waals surface area contributed by atoms with E-state index in [1.165, 1.54) is 17.7 Å². The average Bonchev–Trinajstić information content (AvgIpc) is 2.70. The van der Waals surface area contributed by atoms with Gasteiger partial charge in [0.1, 0.15) is 0 Å². The molecule has 4 rings (SSSR count). The standard InChI is InChI=1S/C23H23N3/c1-25-16-8-9-20-17-19(14-15-23(20)25)18-24-26(21-10-4-2-5-11-21)22-12-6-3-7-13-22/h2-7,10-15,17-18H,8-9,16H2,1H3/b24-18+. The van der Waals surface area contributed by atoms with Gasteiger partial charge in [-0.05, 0) is 60.4 Å². The second-order valence-electron chi connectivity index (χ2n) is 6.64. The molecule has 0 bridgehead atoms. The lowest BCUT2D eigenvalue weighted by atomic mass is 10.00. The summed E-state index contributed by atoms with van der Waals surface area (Å²) in [7, 11) is 2.16. The fraction of sp³-hybridized carbons (Fsp3) is 0.174. The SMILES string of the molecule is CN1CCCc2cc(/C=N/N(c3ccccc3)c3ccccc3)ccc21. The van der Waals surface area contributed by atoms with Crippen molar-refractivity contribution < 1.29 is 0 Å². The predicted octanol–water partition coefficient (Wildman–Crippen LogP) is 5.24. The van der Waals surface area contributed by atoms with E-state index in [4.69, 9.17) is 5.10 Å². The fourth-order valence-electron chi connectivity index (χ4n) is 3.43. The monoisotopic (exact) mass is 341 g/mol. The number of hydrogen-bond donors (Lipinski definition) is 0. The van der Waals surface area contributed by atoms with Crippen LogP contribution < -0.4 is 9.91 Å². The van der Waals surface area contributed by atoms with Crippen molar-refractivity contribution >= 4 is 23.3 Å². The molecule has 0 atom stereocenters. The van der Waals surface area contributed by atoms with E-state index in [9.17, 15) is 0 Å². The Kier molecular flexibility index (Phi) is 4.69. The molecular weight excluding hydrogens is 318 g/mol. The third-order valence-corrected chi connectivity index (χ3v) is 4.78. The van der Waals surface area contributed by atoms with E-state index in [1.54, 1.807) is 0 Å². The number of aryl methyl sites for hydroxylation is 1. The van der Waals surface area contributed by atoms with E-state index in [0.717, 1.165) is 29.9 Å². The highest BCUT2D eigenvalue weighted by atomic mass is 15.5. The third kappa shape index (κ3) is 3.47. The zero-order chi connectivity index (χ0) is 17.8. The summed E-state index contributed by atoms with van der Waals surface area (Å²) < 4.78 is 0. The van der Waals surface area contributed by atoms with Gasteiger partial charge >= 0.3 is 0 Å². The van der Waals surface area contributed by atoms with Crippen LogP contribution in [0.4, 0.5) is 17.1 Å². The second kappa shape index (κ2) is 7.44. The van der Waals surface area contributed by atoms with Crippen LogP contribution in [0, 0.1) is 0 Å². The third-order valence-electron chi connectivity index (χ3n) is 4.78. The molecule has 0 fully saturated rings. The van der Waals surface area contributed by atoms with Gasteiger partial charge in [-0.2, -0.15) is 5.10 Å². The van der Waals surface area contributed by atoms with Crippen molar-refractivity contribution in [3.05, 3.63) is 90.0 Å². The average molecular weight is 341 g/mol. The molecule has 0 N–H and O–H groups in total. The molecule has 0 saturated carbocycles. The first-order chi connectivity index (χ1) is 12.8. The number of hydrogen-bond acceptors (Lipinski definition) is 3. The second-order valence-corrected chi connectivity index (χ2v) is 6.64. The van der Waals surface area contributed by atoms with Crippen molar-refractivity contribution in [2.75, 3.05) is 23.5 Å². The molecule has 3 aromatic rings. The van der Waals surface area contributed by atoms with Crippen LogP contribution in [-0.2, 0) is 6.42 Å². The Labute approximate surface area is 155 Å². The van der Waals surface area contributed by atoms with Crippen LogP contribution in [-0.4, -0.2) is 19.8 Å². The van der Waals surface area contributed by atoms with Gasteiger partial charge in [-0.3, -0.25) is 0 Å². The molecule has 0 radical (unpaired) electrons. The van der Waals surface area contributed by atoms with Crippen molar-refractivity contribution in [3.8, 4) is 0 Å². The van der Waals surface area contributed by atoms with Crippen LogP contribution in [0.25, 0.3) is 0 Å². The largest absolute Gasteiger partial charge is 0.374 e. The molecule has 3 heteroatoms. The number of hydrazone groups is 1. The molecule has 130 valence electrons. The highest BCUT2D eigenvalue weighted by molar-refractivity contribution is 5.83. The minimum absolute atomic E-state index is 1.05. The maximum Gasteiger partial charge on any atom is 0.0652 e. The van der Waals surface area contributed by atoms with E-state index in [1.807, 2.05) is 47.6 Å². The van der Waals surface area contributed by atoms with Gasteiger partial charge in [0.25, 0.3) is 0 Å². The smallest absolute Gasteiger partial charge is 0.0652 e. The van der Waals surface area contributed by atoms with Crippen molar-refractivity contribution in [2.24, 2.45) is 5.10 Å². The summed E-state index contributed by atoms with van der Waals surface area (Å²) in [6.07, 6.45) is 4.31. The summed E-state index contributed by atoms with van der Waals surface area (Å²) in [5.74, 6) is 0. The molecule has 0 aliphatic carbocycles. The fourth-order valence-corrected chi connectivity index (χ4v) is 3.43. The summed E-state index contributed by atoms with van der Waals surface area (Å²) >= 11 is 0. The molecule has 0 aromatic heterocycles. The quantitative estimate of drug-likeness (QED) is 0.477. The first-order valence-corrected chi connectivity index (χ1v) is 9.09. The van der Waals surface area contributed by atoms with Gasteiger partial charge in [-0.1, -0.05) is 42.5 Å². The Balaban J connectivity index is 1.66. The lowest BCUT2D eigenvalue weighted by Gasteiger charge is -2.27. The zero-order valence-electron chi connectivity index (χ0n) is 15.0. The summed E-state index contributed by atoms with van der Waals surface area (Å²) in [4.78, 5) is 2.33.